The summed E-state index contributed by atoms with van der Waals surface area (Å²) in [5, 5.41) is 0. The van der Waals surface area contributed by atoms with Gasteiger partial charge in [-0.1, -0.05) is 42.5 Å². The number of anilines is 2. The smallest absolute Gasteiger partial charge is 0.244 e. The summed E-state index contributed by atoms with van der Waals surface area (Å²) in [6, 6.07) is 25.1. The Morgan fingerprint density at radius 3 is 2.06 bits per heavy atom. The van der Waals surface area contributed by atoms with Gasteiger partial charge in [0.05, 0.1) is 12.6 Å². The Morgan fingerprint density at radius 1 is 0.882 bits per heavy atom. The number of likely N-dealkylation sites (N-methyl/N-ethyl adjacent to an activating group) is 1. The SMILES string of the molecule is CCN(c1ccc(CN(C(=O)C(Cc2ccccc2)N(C)C)c2ccc(F)cc2)cc1)C1CC1. The van der Waals surface area contributed by atoms with Crippen molar-refractivity contribution in [2.75, 3.05) is 30.4 Å². The van der Waals surface area contributed by atoms with Crippen molar-refractivity contribution in [3.05, 3.63) is 95.8 Å². The van der Waals surface area contributed by atoms with Gasteiger partial charge in [0, 0.05) is 24.0 Å². The molecule has 1 aliphatic rings. The second kappa shape index (κ2) is 10.8. The zero-order valence-electron chi connectivity index (χ0n) is 20.3. The molecule has 4 nitrogen and oxygen atoms in total. The average molecular weight is 460 g/mol. The molecule has 0 heterocycles. The lowest BCUT2D eigenvalue weighted by Gasteiger charge is -2.31. The summed E-state index contributed by atoms with van der Waals surface area (Å²) < 4.78 is 13.7. The molecule has 178 valence electrons. The van der Waals surface area contributed by atoms with Gasteiger partial charge in [0.15, 0.2) is 0 Å². The van der Waals surface area contributed by atoms with Crippen LogP contribution in [0, 0.1) is 5.82 Å². The first-order chi connectivity index (χ1) is 16.5. The highest BCUT2D eigenvalue weighted by Gasteiger charge is 2.29. The predicted molar refractivity (Wildman–Crippen MR) is 138 cm³/mol. The molecule has 1 aliphatic carbocycles. The monoisotopic (exact) mass is 459 g/mol. The number of halogens is 1. The van der Waals surface area contributed by atoms with E-state index in [1.165, 1.54) is 30.7 Å². The maximum absolute atomic E-state index is 13.9. The number of rotatable bonds is 10. The van der Waals surface area contributed by atoms with Crippen LogP contribution in [0.3, 0.4) is 0 Å². The summed E-state index contributed by atoms with van der Waals surface area (Å²) in [5.74, 6) is -0.314. The minimum absolute atomic E-state index is 0.00213. The van der Waals surface area contributed by atoms with Crippen molar-refractivity contribution in [1.82, 2.24) is 4.90 Å². The molecule has 1 atom stereocenters. The number of hydrogen-bond acceptors (Lipinski definition) is 3. The van der Waals surface area contributed by atoms with Crippen LogP contribution in [0.5, 0.6) is 0 Å². The summed E-state index contributed by atoms with van der Waals surface area (Å²) in [7, 11) is 3.86. The number of hydrogen-bond donors (Lipinski definition) is 0. The second-order valence-corrected chi connectivity index (χ2v) is 9.25. The first kappa shape index (κ1) is 24.0. The van der Waals surface area contributed by atoms with Crippen molar-refractivity contribution in [1.29, 1.82) is 0 Å². The third-order valence-electron chi connectivity index (χ3n) is 6.52. The standard InChI is InChI=1S/C29H34FN3O/c1-4-32(26-18-19-26)25-14-10-23(11-15-25)21-33(27-16-12-24(30)13-17-27)29(34)28(31(2)3)20-22-8-6-5-7-9-22/h5-17,26,28H,4,18-21H2,1-3H3. The van der Waals surface area contributed by atoms with E-state index in [1.807, 2.05) is 49.3 Å². The van der Waals surface area contributed by atoms with Gasteiger partial charge in [-0.25, -0.2) is 4.39 Å². The lowest BCUT2D eigenvalue weighted by molar-refractivity contribution is -0.123. The van der Waals surface area contributed by atoms with Crippen LogP contribution < -0.4 is 9.80 Å². The highest BCUT2D eigenvalue weighted by molar-refractivity contribution is 5.97. The minimum Gasteiger partial charge on any atom is -0.369 e. The van der Waals surface area contributed by atoms with Gasteiger partial charge in [-0.2, -0.15) is 0 Å². The molecule has 0 bridgehead atoms. The third kappa shape index (κ3) is 5.84. The Hall–Kier alpha value is -3.18. The molecular weight excluding hydrogens is 425 g/mol. The number of carbonyl (C=O) groups is 1. The second-order valence-electron chi connectivity index (χ2n) is 9.25. The number of amides is 1. The van der Waals surface area contributed by atoms with E-state index in [0.29, 0.717) is 24.7 Å². The van der Waals surface area contributed by atoms with Crippen molar-refractivity contribution in [3.63, 3.8) is 0 Å². The normalized spacial score (nSPS) is 14.1. The van der Waals surface area contributed by atoms with Crippen LogP contribution in [-0.4, -0.2) is 43.5 Å². The predicted octanol–water partition coefficient (Wildman–Crippen LogP) is 5.52. The fraction of sp³-hybridized carbons (Fsp3) is 0.345. The maximum Gasteiger partial charge on any atom is 0.244 e. The molecule has 0 radical (unpaired) electrons. The molecular formula is C29H34FN3O. The Labute approximate surface area is 202 Å². The van der Waals surface area contributed by atoms with Crippen LogP contribution in [0.4, 0.5) is 15.8 Å². The van der Waals surface area contributed by atoms with E-state index in [4.69, 9.17) is 0 Å². The quantitative estimate of drug-likeness (QED) is 0.399. The summed E-state index contributed by atoms with van der Waals surface area (Å²) in [4.78, 5) is 20.1. The molecule has 1 amide bonds. The lowest BCUT2D eigenvalue weighted by atomic mass is 10.0. The molecule has 0 aromatic heterocycles. The zero-order valence-corrected chi connectivity index (χ0v) is 20.3. The highest BCUT2D eigenvalue weighted by Crippen LogP contribution is 2.31. The van der Waals surface area contributed by atoms with Crippen molar-refractivity contribution >= 4 is 17.3 Å². The van der Waals surface area contributed by atoms with Crippen LogP contribution >= 0.6 is 0 Å². The first-order valence-corrected chi connectivity index (χ1v) is 12.1. The minimum atomic E-state index is -0.336. The number of nitrogens with zero attached hydrogens (tertiary/aromatic N) is 3. The van der Waals surface area contributed by atoms with Gasteiger partial charge in [-0.15, -0.1) is 0 Å². The molecule has 34 heavy (non-hydrogen) atoms. The Morgan fingerprint density at radius 2 is 1.50 bits per heavy atom. The molecule has 5 heteroatoms. The van der Waals surface area contributed by atoms with Crippen molar-refractivity contribution in [3.8, 4) is 0 Å². The summed E-state index contributed by atoms with van der Waals surface area (Å²) in [5.41, 5.74) is 4.08. The summed E-state index contributed by atoms with van der Waals surface area (Å²) in [6.07, 6.45) is 3.13. The maximum atomic E-state index is 13.9. The molecule has 1 saturated carbocycles. The topological polar surface area (TPSA) is 26.8 Å². The number of benzene rings is 3. The van der Waals surface area contributed by atoms with Crippen molar-refractivity contribution < 1.29 is 9.18 Å². The van der Waals surface area contributed by atoms with Gasteiger partial charge in [0.1, 0.15) is 5.82 Å². The Balaban J connectivity index is 1.59. The van der Waals surface area contributed by atoms with Crippen LogP contribution in [0.2, 0.25) is 0 Å². The van der Waals surface area contributed by atoms with Crippen LogP contribution in [0.1, 0.15) is 30.9 Å². The fourth-order valence-electron chi connectivity index (χ4n) is 4.44. The third-order valence-corrected chi connectivity index (χ3v) is 6.52. The van der Waals surface area contributed by atoms with E-state index in [0.717, 1.165) is 17.7 Å². The van der Waals surface area contributed by atoms with Crippen LogP contribution in [0.15, 0.2) is 78.9 Å². The lowest BCUT2D eigenvalue weighted by Crippen LogP contribution is -2.47. The van der Waals surface area contributed by atoms with Gasteiger partial charge < -0.3 is 9.80 Å². The van der Waals surface area contributed by atoms with E-state index >= 15 is 0 Å². The Bertz CT molecular complexity index is 1060. The highest BCUT2D eigenvalue weighted by atomic mass is 19.1. The van der Waals surface area contributed by atoms with Crippen molar-refractivity contribution in [2.45, 2.75) is 44.8 Å². The van der Waals surface area contributed by atoms with Crippen LogP contribution in [-0.2, 0) is 17.8 Å². The molecule has 3 aromatic rings. The van der Waals surface area contributed by atoms with Crippen LogP contribution in [0.25, 0.3) is 0 Å². The van der Waals surface area contributed by atoms with Gasteiger partial charge in [-0.05, 0) is 87.8 Å². The Kier molecular flexibility index (Phi) is 7.63. The van der Waals surface area contributed by atoms with E-state index < -0.39 is 0 Å². The molecule has 4 rings (SSSR count). The van der Waals surface area contributed by atoms with E-state index in [9.17, 15) is 9.18 Å². The van der Waals surface area contributed by atoms with Gasteiger partial charge in [0.2, 0.25) is 5.91 Å². The zero-order chi connectivity index (χ0) is 24.1. The molecule has 0 saturated heterocycles. The van der Waals surface area contributed by atoms with E-state index in [2.05, 4.69) is 36.1 Å². The van der Waals surface area contributed by atoms with E-state index in [-0.39, 0.29) is 17.8 Å². The molecule has 0 aliphatic heterocycles. The van der Waals surface area contributed by atoms with Gasteiger partial charge in [0.25, 0.3) is 0 Å². The van der Waals surface area contributed by atoms with E-state index in [1.54, 1.807) is 17.0 Å². The molecule has 1 unspecified atom stereocenters. The molecule has 0 spiro atoms. The molecule has 0 N–H and O–H groups in total. The van der Waals surface area contributed by atoms with Gasteiger partial charge >= 0.3 is 0 Å². The first-order valence-electron chi connectivity index (χ1n) is 12.1. The fourth-order valence-corrected chi connectivity index (χ4v) is 4.44. The molecule has 3 aromatic carbocycles. The summed E-state index contributed by atoms with van der Waals surface area (Å²) in [6.45, 7) is 3.61. The van der Waals surface area contributed by atoms with Crippen molar-refractivity contribution in [2.24, 2.45) is 0 Å². The average Bonchev–Trinajstić information content (AvgIpc) is 3.68. The largest absolute Gasteiger partial charge is 0.369 e. The summed E-state index contributed by atoms with van der Waals surface area (Å²) >= 11 is 0. The molecule has 1 fully saturated rings. The van der Waals surface area contributed by atoms with Gasteiger partial charge in [-0.3, -0.25) is 9.69 Å². The number of carbonyl (C=O) groups excluding carboxylic acids is 1.